The third-order valence-corrected chi connectivity index (χ3v) is 3.08. The fraction of sp³-hybridized carbons (Fsp3) is 0.133. The highest BCUT2D eigenvalue weighted by Crippen LogP contribution is 2.17. The first kappa shape index (κ1) is 13.7. The smallest absolute Gasteiger partial charge is 0.163 e. The second-order valence-corrected chi connectivity index (χ2v) is 4.59. The number of hydrogen-bond donors (Lipinski definition) is 0. The Labute approximate surface area is 114 Å². The summed E-state index contributed by atoms with van der Waals surface area (Å²) in [5.74, 6) is -1.14. The monoisotopic (exact) mass is 280 g/mol. The van der Waals surface area contributed by atoms with Gasteiger partial charge in [0.15, 0.2) is 5.78 Å². The van der Waals surface area contributed by atoms with Gasteiger partial charge in [-0.05, 0) is 42.3 Å². The Morgan fingerprint density at radius 2 is 1.89 bits per heavy atom. The van der Waals surface area contributed by atoms with E-state index in [1.165, 1.54) is 24.3 Å². The zero-order valence-corrected chi connectivity index (χ0v) is 10.8. The highest BCUT2D eigenvalue weighted by atomic mass is 35.5. The highest BCUT2D eigenvalue weighted by molar-refractivity contribution is 6.30. The van der Waals surface area contributed by atoms with Crippen molar-refractivity contribution in [3.63, 3.8) is 0 Å². The van der Waals surface area contributed by atoms with Gasteiger partial charge in [-0.2, -0.15) is 0 Å². The van der Waals surface area contributed by atoms with Crippen LogP contribution in [-0.4, -0.2) is 5.78 Å². The Balaban J connectivity index is 2.03. The molecule has 0 unspecified atom stereocenters. The van der Waals surface area contributed by atoms with Crippen molar-refractivity contribution in [3.05, 3.63) is 70.2 Å². The molecule has 0 spiro atoms. The summed E-state index contributed by atoms with van der Waals surface area (Å²) in [6.07, 6.45) is 0.616. The van der Waals surface area contributed by atoms with Crippen LogP contribution < -0.4 is 0 Å². The zero-order chi connectivity index (χ0) is 13.8. The number of Topliss-reactive ketones (excluding diaryl/α,β-unsaturated/α-hetero) is 1. The van der Waals surface area contributed by atoms with E-state index in [2.05, 4.69) is 0 Å². The molecule has 0 aliphatic carbocycles. The molecule has 4 heteroatoms. The molecule has 0 fully saturated rings. The molecule has 0 aliphatic rings. The summed E-state index contributed by atoms with van der Waals surface area (Å²) in [6.45, 7) is 0. The van der Waals surface area contributed by atoms with Crippen molar-refractivity contribution in [2.75, 3.05) is 0 Å². The van der Waals surface area contributed by atoms with Crippen LogP contribution in [0.2, 0.25) is 5.02 Å². The molecule has 19 heavy (non-hydrogen) atoms. The van der Waals surface area contributed by atoms with Crippen LogP contribution in [0, 0.1) is 11.6 Å². The van der Waals surface area contributed by atoms with E-state index in [4.69, 9.17) is 11.6 Å². The number of ketones is 1. The van der Waals surface area contributed by atoms with E-state index in [0.717, 1.165) is 11.6 Å². The first-order valence-electron chi connectivity index (χ1n) is 5.79. The maximum atomic E-state index is 13.2. The SMILES string of the molecule is O=C(CCc1cccc(F)c1)c1ccc(Cl)c(F)c1. The Hall–Kier alpha value is -1.74. The van der Waals surface area contributed by atoms with Crippen LogP contribution in [0.5, 0.6) is 0 Å². The molecule has 0 aliphatic heterocycles. The second-order valence-electron chi connectivity index (χ2n) is 4.18. The molecule has 2 rings (SSSR count). The zero-order valence-electron chi connectivity index (χ0n) is 10.00. The number of rotatable bonds is 4. The average molecular weight is 281 g/mol. The largest absolute Gasteiger partial charge is 0.294 e. The summed E-state index contributed by atoms with van der Waals surface area (Å²) in [5, 5.41) is -0.0123. The Kier molecular flexibility index (Phi) is 4.27. The Morgan fingerprint density at radius 3 is 2.58 bits per heavy atom. The molecule has 0 radical (unpaired) electrons. The minimum Gasteiger partial charge on any atom is -0.294 e. The standard InChI is InChI=1S/C15H11ClF2O/c16-13-6-5-11(9-14(13)18)15(19)7-4-10-2-1-3-12(17)8-10/h1-3,5-6,8-9H,4,7H2. The molecular weight excluding hydrogens is 270 g/mol. The van der Waals surface area contributed by atoms with Gasteiger partial charge in [-0.15, -0.1) is 0 Å². The van der Waals surface area contributed by atoms with Gasteiger partial charge in [0.05, 0.1) is 5.02 Å². The normalized spacial score (nSPS) is 10.5. The molecule has 0 aromatic heterocycles. The number of hydrogen-bond acceptors (Lipinski definition) is 1. The lowest BCUT2D eigenvalue weighted by Gasteiger charge is -2.03. The molecular formula is C15H11ClF2O. The van der Waals surface area contributed by atoms with Crippen LogP contribution in [0.3, 0.4) is 0 Å². The van der Waals surface area contributed by atoms with Crippen LogP contribution >= 0.6 is 11.6 Å². The topological polar surface area (TPSA) is 17.1 Å². The van der Waals surface area contributed by atoms with Crippen LogP contribution in [0.4, 0.5) is 8.78 Å². The molecule has 0 saturated carbocycles. The second kappa shape index (κ2) is 5.93. The van der Waals surface area contributed by atoms with Crippen molar-refractivity contribution >= 4 is 17.4 Å². The summed E-state index contributed by atoms with van der Waals surface area (Å²) in [6, 6.07) is 10.0. The van der Waals surface area contributed by atoms with E-state index < -0.39 is 5.82 Å². The highest BCUT2D eigenvalue weighted by Gasteiger charge is 2.09. The molecule has 0 heterocycles. The van der Waals surface area contributed by atoms with E-state index in [1.54, 1.807) is 12.1 Å². The molecule has 1 nitrogen and oxygen atoms in total. The van der Waals surface area contributed by atoms with Gasteiger partial charge in [0.25, 0.3) is 0 Å². The fourth-order valence-electron chi connectivity index (χ4n) is 1.76. The maximum absolute atomic E-state index is 13.2. The average Bonchev–Trinajstić information content (AvgIpc) is 2.39. The van der Waals surface area contributed by atoms with Crippen molar-refractivity contribution in [1.82, 2.24) is 0 Å². The lowest BCUT2D eigenvalue weighted by atomic mass is 10.0. The quantitative estimate of drug-likeness (QED) is 0.757. The molecule has 98 valence electrons. The van der Waals surface area contributed by atoms with Crippen LogP contribution in [-0.2, 0) is 6.42 Å². The van der Waals surface area contributed by atoms with E-state index in [9.17, 15) is 13.6 Å². The van der Waals surface area contributed by atoms with Crippen molar-refractivity contribution < 1.29 is 13.6 Å². The number of carbonyl (C=O) groups excluding carboxylic acids is 1. The molecule has 0 atom stereocenters. The Bertz CT molecular complexity index is 611. The molecule has 0 amide bonds. The lowest BCUT2D eigenvalue weighted by molar-refractivity contribution is 0.0982. The number of carbonyl (C=O) groups is 1. The predicted molar refractivity (Wildman–Crippen MR) is 70.5 cm³/mol. The van der Waals surface area contributed by atoms with Crippen molar-refractivity contribution in [2.45, 2.75) is 12.8 Å². The molecule has 0 bridgehead atoms. The van der Waals surface area contributed by atoms with Gasteiger partial charge in [-0.3, -0.25) is 4.79 Å². The lowest BCUT2D eigenvalue weighted by Crippen LogP contribution is -2.02. The molecule has 2 aromatic carbocycles. The minimum atomic E-state index is -0.613. The van der Waals surface area contributed by atoms with Gasteiger partial charge in [0, 0.05) is 12.0 Å². The summed E-state index contributed by atoms with van der Waals surface area (Å²) < 4.78 is 26.2. The third-order valence-electron chi connectivity index (χ3n) is 2.77. The van der Waals surface area contributed by atoms with Crippen LogP contribution in [0.1, 0.15) is 22.3 Å². The predicted octanol–water partition coefficient (Wildman–Crippen LogP) is 4.43. The summed E-state index contributed by atoms with van der Waals surface area (Å²) in [5.41, 5.74) is 1.01. The van der Waals surface area contributed by atoms with Crippen LogP contribution in [0.25, 0.3) is 0 Å². The summed E-state index contributed by atoms with van der Waals surface area (Å²) in [7, 11) is 0. The van der Waals surface area contributed by atoms with Gasteiger partial charge in [0.1, 0.15) is 11.6 Å². The van der Waals surface area contributed by atoms with Gasteiger partial charge in [0.2, 0.25) is 0 Å². The van der Waals surface area contributed by atoms with Gasteiger partial charge in [-0.1, -0.05) is 23.7 Å². The third kappa shape index (κ3) is 3.61. The summed E-state index contributed by atoms with van der Waals surface area (Å²) in [4.78, 5) is 11.9. The fourth-order valence-corrected chi connectivity index (χ4v) is 1.88. The number of benzene rings is 2. The maximum Gasteiger partial charge on any atom is 0.163 e. The first-order valence-corrected chi connectivity index (χ1v) is 6.17. The molecule has 0 N–H and O–H groups in total. The van der Waals surface area contributed by atoms with E-state index in [0.29, 0.717) is 6.42 Å². The first-order chi connectivity index (χ1) is 9.06. The number of aryl methyl sites for hydroxylation is 1. The number of halogens is 3. The molecule has 2 aromatic rings. The minimum absolute atomic E-state index is 0.0123. The van der Waals surface area contributed by atoms with Gasteiger partial charge in [-0.25, -0.2) is 8.78 Å². The van der Waals surface area contributed by atoms with Crippen molar-refractivity contribution in [1.29, 1.82) is 0 Å². The van der Waals surface area contributed by atoms with Crippen molar-refractivity contribution in [2.24, 2.45) is 0 Å². The van der Waals surface area contributed by atoms with E-state index >= 15 is 0 Å². The van der Waals surface area contributed by atoms with Gasteiger partial charge >= 0.3 is 0 Å². The summed E-state index contributed by atoms with van der Waals surface area (Å²) >= 11 is 5.55. The van der Waals surface area contributed by atoms with Crippen LogP contribution in [0.15, 0.2) is 42.5 Å². The Morgan fingerprint density at radius 1 is 1.11 bits per heavy atom. The van der Waals surface area contributed by atoms with Gasteiger partial charge < -0.3 is 0 Å². The van der Waals surface area contributed by atoms with Crippen molar-refractivity contribution in [3.8, 4) is 0 Å². The molecule has 0 saturated heterocycles. The van der Waals surface area contributed by atoms with E-state index in [-0.39, 0.29) is 28.6 Å². The van der Waals surface area contributed by atoms with E-state index in [1.807, 2.05) is 0 Å².